The van der Waals surface area contributed by atoms with E-state index in [4.69, 9.17) is 4.42 Å². The van der Waals surface area contributed by atoms with Crippen molar-refractivity contribution in [2.75, 3.05) is 4.90 Å². The normalized spacial score (nSPS) is 11.5. The van der Waals surface area contributed by atoms with E-state index >= 15 is 0 Å². The second-order valence-corrected chi connectivity index (χ2v) is 15.5. The third-order valence-electron chi connectivity index (χ3n) is 11.1. The third kappa shape index (κ3) is 5.80. The van der Waals surface area contributed by atoms with Gasteiger partial charge in [0.1, 0.15) is 5.58 Å². The summed E-state index contributed by atoms with van der Waals surface area (Å²) in [6.07, 6.45) is 0. The van der Waals surface area contributed by atoms with Crippen molar-refractivity contribution in [3.8, 4) is 44.5 Å². The Morgan fingerprint density at radius 3 is 1.63 bits per heavy atom. The van der Waals surface area contributed by atoms with Crippen LogP contribution in [0.5, 0.6) is 0 Å². The molecule has 0 aliphatic rings. The fraction of sp³-hybridized carbons (Fsp3) is 0. The van der Waals surface area contributed by atoms with Crippen LogP contribution in [0, 0.1) is 0 Å². The van der Waals surface area contributed by atoms with Gasteiger partial charge in [0.2, 0.25) is 0 Å². The van der Waals surface area contributed by atoms with Gasteiger partial charge in [0.05, 0.1) is 5.69 Å². The van der Waals surface area contributed by atoms with Crippen LogP contribution in [0.1, 0.15) is 0 Å². The van der Waals surface area contributed by atoms with E-state index in [1.54, 1.807) is 0 Å². The first-order chi connectivity index (χ1) is 28.3. The Morgan fingerprint density at radius 1 is 0.351 bits per heavy atom. The monoisotopic (exact) mass is 745 g/mol. The summed E-state index contributed by atoms with van der Waals surface area (Å²) in [5.41, 5.74) is 14.0. The molecular formula is C54H35NOS. The van der Waals surface area contributed by atoms with Gasteiger partial charge in [-0.1, -0.05) is 158 Å². The van der Waals surface area contributed by atoms with Crippen LogP contribution in [-0.2, 0) is 0 Å². The molecule has 3 heteroatoms. The second kappa shape index (κ2) is 13.8. The number of nitrogens with zero attached hydrogens (tertiary/aromatic N) is 1. The van der Waals surface area contributed by atoms with Crippen LogP contribution < -0.4 is 4.90 Å². The Morgan fingerprint density at radius 2 is 0.930 bits per heavy atom. The van der Waals surface area contributed by atoms with Crippen molar-refractivity contribution in [2.24, 2.45) is 0 Å². The molecule has 0 bridgehead atoms. The smallest absolute Gasteiger partial charge is 0.160 e. The zero-order valence-corrected chi connectivity index (χ0v) is 31.8. The van der Waals surface area contributed by atoms with Crippen LogP contribution in [-0.4, -0.2) is 0 Å². The van der Waals surface area contributed by atoms with Crippen LogP contribution in [0.3, 0.4) is 0 Å². The molecule has 2 aromatic heterocycles. The maximum Gasteiger partial charge on any atom is 0.160 e. The van der Waals surface area contributed by atoms with Crippen molar-refractivity contribution >= 4 is 70.5 Å². The summed E-state index contributed by atoms with van der Waals surface area (Å²) in [5.74, 6) is 0. The lowest BCUT2D eigenvalue weighted by molar-refractivity contribution is 0.669. The summed E-state index contributed by atoms with van der Waals surface area (Å²) in [7, 11) is 0. The standard InChI is InChI=1S/C54H35NOS/c1-4-15-36(16-5-1)40-33-41(37-17-6-2-7-18-37)35-43(34-40)55(42-29-27-39(28-30-42)44-23-14-26-51-52(44)48-22-11-13-25-50(48)57-51)53-45(38-19-8-3-9-20-38)31-32-47-46-21-10-12-24-49(46)56-54(47)53/h1-35H. The number of para-hydroxylation sites is 1. The minimum Gasteiger partial charge on any atom is -0.454 e. The minimum atomic E-state index is 0.850. The van der Waals surface area contributed by atoms with Crippen LogP contribution in [0.4, 0.5) is 17.1 Å². The van der Waals surface area contributed by atoms with Gasteiger partial charge in [0, 0.05) is 47.9 Å². The summed E-state index contributed by atoms with van der Waals surface area (Å²) >= 11 is 1.86. The van der Waals surface area contributed by atoms with Crippen molar-refractivity contribution in [1.82, 2.24) is 0 Å². The first-order valence-corrected chi connectivity index (χ1v) is 20.1. The average Bonchev–Trinajstić information content (AvgIpc) is 3.87. The van der Waals surface area contributed by atoms with Crippen molar-refractivity contribution in [3.63, 3.8) is 0 Å². The van der Waals surface area contributed by atoms with Gasteiger partial charge in [-0.05, 0) is 93.5 Å². The fourth-order valence-corrected chi connectivity index (χ4v) is 9.53. The molecule has 0 spiro atoms. The first-order valence-electron chi connectivity index (χ1n) is 19.3. The Balaban J connectivity index is 1.20. The Bertz CT molecular complexity index is 3160. The molecule has 0 amide bonds. The highest BCUT2D eigenvalue weighted by molar-refractivity contribution is 7.25. The van der Waals surface area contributed by atoms with E-state index in [1.807, 2.05) is 17.4 Å². The molecule has 0 unspecified atom stereocenters. The number of furan rings is 1. The molecule has 9 aromatic carbocycles. The van der Waals surface area contributed by atoms with Gasteiger partial charge in [-0.2, -0.15) is 0 Å². The fourth-order valence-electron chi connectivity index (χ4n) is 8.39. The van der Waals surface area contributed by atoms with E-state index in [1.165, 1.54) is 31.3 Å². The molecule has 0 saturated carbocycles. The number of rotatable bonds is 7. The van der Waals surface area contributed by atoms with E-state index in [0.717, 1.165) is 72.4 Å². The number of anilines is 3. The molecule has 0 aliphatic heterocycles. The Labute approximate surface area is 335 Å². The number of hydrogen-bond donors (Lipinski definition) is 0. The highest BCUT2D eigenvalue weighted by Crippen LogP contribution is 2.49. The molecule has 0 aliphatic carbocycles. The molecule has 268 valence electrons. The van der Waals surface area contributed by atoms with Crippen molar-refractivity contribution in [3.05, 3.63) is 212 Å². The number of benzene rings is 9. The number of thiophene rings is 1. The maximum absolute atomic E-state index is 6.93. The lowest BCUT2D eigenvalue weighted by Gasteiger charge is -2.29. The number of hydrogen-bond acceptors (Lipinski definition) is 3. The largest absolute Gasteiger partial charge is 0.454 e. The highest BCUT2D eigenvalue weighted by Gasteiger charge is 2.25. The molecule has 57 heavy (non-hydrogen) atoms. The van der Waals surface area contributed by atoms with E-state index < -0.39 is 0 Å². The van der Waals surface area contributed by atoms with Gasteiger partial charge in [-0.15, -0.1) is 11.3 Å². The van der Waals surface area contributed by atoms with E-state index in [9.17, 15) is 0 Å². The van der Waals surface area contributed by atoms with Crippen molar-refractivity contribution < 1.29 is 4.42 Å². The second-order valence-electron chi connectivity index (χ2n) is 14.5. The predicted octanol–water partition coefficient (Wildman–Crippen LogP) is 16.1. The molecule has 0 saturated heterocycles. The highest BCUT2D eigenvalue weighted by atomic mass is 32.1. The quantitative estimate of drug-likeness (QED) is 0.162. The molecular weight excluding hydrogens is 711 g/mol. The van der Waals surface area contributed by atoms with Crippen LogP contribution in [0.25, 0.3) is 86.6 Å². The zero-order valence-electron chi connectivity index (χ0n) is 31.0. The van der Waals surface area contributed by atoms with Crippen molar-refractivity contribution in [2.45, 2.75) is 0 Å². The first kappa shape index (κ1) is 33.2. The van der Waals surface area contributed by atoms with E-state index in [2.05, 4.69) is 211 Å². The molecule has 2 nitrogen and oxygen atoms in total. The lowest BCUT2D eigenvalue weighted by atomic mass is 9.95. The summed E-state index contributed by atoms with van der Waals surface area (Å²) in [6.45, 7) is 0. The molecule has 0 N–H and O–H groups in total. The summed E-state index contributed by atoms with van der Waals surface area (Å²) in [5, 5.41) is 4.79. The minimum absolute atomic E-state index is 0.850. The molecule has 0 atom stereocenters. The number of fused-ring (bicyclic) bond motifs is 6. The van der Waals surface area contributed by atoms with Gasteiger partial charge in [0.25, 0.3) is 0 Å². The average molecular weight is 746 g/mol. The SMILES string of the molecule is c1ccc(-c2cc(-c3ccccc3)cc(N(c3ccc(-c4cccc5sc6ccccc6c45)cc3)c3c(-c4ccccc4)ccc4c3oc3ccccc34)c2)cc1. The Kier molecular flexibility index (Phi) is 8.04. The van der Waals surface area contributed by atoms with Gasteiger partial charge in [-0.3, -0.25) is 0 Å². The summed E-state index contributed by atoms with van der Waals surface area (Å²) < 4.78 is 9.54. The van der Waals surface area contributed by atoms with Gasteiger partial charge in [0.15, 0.2) is 5.58 Å². The maximum atomic E-state index is 6.93. The zero-order chi connectivity index (χ0) is 37.7. The third-order valence-corrected chi connectivity index (χ3v) is 12.2. The van der Waals surface area contributed by atoms with Crippen LogP contribution in [0.15, 0.2) is 217 Å². The van der Waals surface area contributed by atoms with Crippen LogP contribution in [0.2, 0.25) is 0 Å². The molecule has 0 fully saturated rings. The lowest BCUT2D eigenvalue weighted by Crippen LogP contribution is -2.12. The molecule has 11 aromatic rings. The van der Waals surface area contributed by atoms with Crippen LogP contribution >= 0.6 is 11.3 Å². The van der Waals surface area contributed by atoms with Gasteiger partial charge >= 0.3 is 0 Å². The predicted molar refractivity (Wildman–Crippen MR) is 243 cm³/mol. The van der Waals surface area contributed by atoms with Crippen molar-refractivity contribution in [1.29, 1.82) is 0 Å². The van der Waals surface area contributed by atoms with E-state index in [0.29, 0.717) is 0 Å². The van der Waals surface area contributed by atoms with Gasteiger partial charge < -0.3 is 9.32 Å². The summed E-state index contributed by atoms with van der Waals surface area (Å²) in [6, 6.07) is 76.4. The van der Waals surface area contributed by atoms with E-state index in [-0.39, 0.29) is 0 Å². The molecule has 11 rings (SSSR count). The molecule has 2 heterocycles. The summed E-state index contributed by atoms with van der Waals surface area (Å²) in [4.78, 5) is 2.41. The molecule has 0 radical (unpaired) electrons. The topological polar surface area (TPSA) is 16.4 Å². The Hall–Kier alpha value is -7.20. The van der Waals surface area contributed by atoms with Gasteiger partial charge in [-0.25, -0.2) is 0 Å².